The first kappa shape index (κ1) is 19.6. The van der Waals surface area contributed by atoms with Crippen LogP contribution in [0.15, 0.2) is 54.7 Å². The third-order valence-corrected chi connectivity index (χ3v) is 4.06. The van der Waals surface area contributed by atoms with Crippen molar-refractivity contribution in [1.82, 2.24) is 15.3 Å². The van der Waals surface area contributed by atoms with Gasteiger partial charge >= 0.3 is 0 Å². The lowest BCUT2D eigenvalue weighted by molar-refractivity contribution is 0.0946. The SMILES string of the molecule is COc1ccc(CNC(=O)c2ccnc(Nc3ccc(C#N)cc3)n2)cc1OC. The van der Waals surface area contributed by atoms with Crippen molar-refractivity contribution in [2.45, 2.75) is 6.54 Å². The fourth-order valence-corrected chi connectivity index (χ4v) is 2.57. The maximum Gasteiger partial charge on any atom is 0.270 e. The molecule has 0 radical (unpaired) electrons. The van der Waals surface area contributed by atoms with Crippen LogP contribution in [0, 0.1) is 11.3 Å². The Bertz CT molecular complexity index is 1040. The van der Waals surface area contributed by atoms with Crippen molar-refractivity contribution in [3.8, 4) is 17.6 Å². The number of nitrogens with one attached hydrogen (secondary N) is 2. The number of nitrogens with zero attached hydrogens (tertiary/aromatic N) is 3. The van der Waals surface area contributed by atoms with Crippen LogP contribution in [0.4, 0.5) is 11.6 Å². The molecule has 8 nitrogen and oxygen atoms in total. The Morgan fingerprint density at radius 3 is 2.52 bits per heavy atom. The van der Waals surface area contributed by atoms with Crippen LogP contribution in [0.2, 0.25) is 0 Å². The standard InChI is InChI=1S/C21H19N5O3/c1-28-18-8-5-15(11-19(18)29-2)13-24-20(27)17-9-10-23-21(26-17)25-16-6-3-14(12-22)4-7-16/h3-11H,13H2,1-2H3,(H,24,27)(H,23,25,26). The van der Waals surface area contributed by atoms with Gasteiger partial charge in [0.1, 0.15) is 5.69 Å². The highest BCUT2D eigenvalue weighted by Crippen LogP contribution is 2.27. The van der Waals surface area contributed by atoms with Gasteiger partial charge in [-0.1, -0.05) is 6.07 Å². The van der Waals surface area contributed by atoms with Gasteiger partial charge in [0.2, 0.25) is 5.95 Å². The Hall–Kier alpha value is -4.12. The summed E-state index contributed by atoms with van der Waals surface area (Å²) in [6.07, 6.45) is 1.50. The van der Waals surface area contributed by atoms with Crippen LogP contribution in [-0.4, -0.2) is 30.1 Å². The molecule has 29 heavy (non-hydrogen) atoms. The van der Waals surface area contributed by atoms with Crippen LogP contribution in [0.1, 0.15) is 21.6 Å². The maximum absolute atomic E-state index is 12.5. The fourth-order valence-electron chi connectivity index (χ4n) is 2.57. The molecule has 2 N–H and O–H groups in total. The summed E-state index contributed by atoms with van der Waals surface area (Å²) in [7, 11) is 3.13. The molecule has 0 saturated heterocycles. The minimum absolute atomic E-state index is 0.233. The number of nitriles is 1. The molecular formula is C21H19N5O3. The van der Waals surface area contributed by atoms with Gasteiger partial charge in [-0.15, -0.1) is 0 Å². The predicted molar refractivity (Wildman–Crippen MR) is 107 cm³/mol. The normalized spacial score (nSPS) is 9.97. The van der Waals surface area contributed by atoms with Crippen LogP contribution >= 0.6 is 0 Å². The molecule has 0 aliphatic rings. The predicted octanol–water partition coefficient (Wildman–Crippen LogP) is 3.04. The molecule has 0 aliphatic heterocycles. The number of ether oxygens (including phenoxy) is 2. The van der Waals surface area contributed by atoms with E-state index in [1.54, 1.807) is 50.6 Å². The van der Waals surface area contributed by atoms with Crippen LogP contribution in [0.25, 0.3) is 0 Å². The van der Waals surface area contributed by atoms with E-state index in [9.17, 15) is 4.79 Å². The number of amides is 1. The third-order valence-electron chi connectivity index (χ3n) is 4.06. The number of carbonyl (C=O) groups is 1. The van der Waals surface area contributed by atoms with Crippen molar-refractivity contribution in [2.24, 2.45) is 0 Å². The number of hydrogen-bond donors (Lipinski definition) is 2. The number of carbonyl (C=O) groups excluding carboxylic acids is 1. The van der Waals surface area contributed by atoms with E-state index in [2.05, 4.69) is 26.7 Å². The van der Waals surface area contributed by atoms with Crippen LogP contribution in [-0.2, 0) is 6.54 Å². The van der Waals surface area contributed by atoms with Gasteiger partial charge in [0.15, 0.2) is 11.5 Å². The minimum Gasteiger partial charge on any atom is -0.493 e. The van der Waals surface area contributed by atoms with Crippen molar-refractivity contribution in [3.05, 3.63) is 71.5 Å². The van der Waals surface area contributed by atoms with E-state index in [0.29, 0.717) is 29.3 Å². The molecule has 3 rings (SSSR count). The maximum atomic E-state index is 12.5. The summed E-state index contributed by atoms with van der Waals surface area (Å²) in [4.78, 5) is 20.8. The van der Waals surface area contributed by atoms with Crippen LogP contribution in [0.5, 0.6) is 11.5 Å². The number of hydrogen-bond acceptors (Lipinski definition) is 7. The second kappa shape index (κ2) is 9.19. The summed E-state index contributed by atoms with van der Waals surface area (Å²) in [6.45, 7) is 0.307. The summed E-state index contributed by atoms with van der Waals surface area (Å²) in [5.41, 5.74) is 2.37. The van der Waals surface area contributed by atoms with Gasteiger partial charge < -0.3 is 20.1 Å². The zero-order valence-electron chi connectivity index (χ0n) is 16.0. The summed E-state index contributed by atoms with van der Waals surface area (Å²) in [5.74, 6) is 1.17. The molecule has 0 atom stereocenters. The Morgan fingerprint density at radius 2 is 1.83 bits per heavy atom. The van der Waals surface area contributed by atoms with Gasteiger partial charge in [-0.05, 0) is 48.0 Å². The highest BCUT2D eigenvalue weighted by atomic mass is 16.5. The fraction of sp³-hybridized carbons (Fsp3) is 0.143. The highest BCUT2D eigenvalue weighted by molar-refractivity contribution is 5.92. The Labute approximate surface area is 168 Å². The molecule has 2 aromatic carbocycles. The van der Waals surface area contributed by atoms with E-state index < -0.39 is 0 Å². The molecule has 0 aliphatic carbocycles. The van der Waals surface area contributed by atoms with Gasteiger partial charge in [-0.2, -0.15) is 5.26 Å². The molecule has 1 aromatic heterocycles. The molecule has 0 saturated carbocycles. The Kier molecular flexibility index (Phi) is 6.22. The minimum atomic E-state index is -0.329. The van der Waals surface area contributed by atoms with Gasteiger partial charge in [0, 0.05) is 18.4 Å². The van der Waals surface area contributed by atoms with Crippen molar-refractivity contribution >= 4 is 17.5 Å². The lowest BCUT2D eigenvalue weighted by atomic mass is 10.2. The molecule has 1 amide bonds. The summed E-state index contributed by atoms with van der Waals surface area (Å²) in [6, 6.07) is 15.9. The van der Waals surface area contributed by atoms with Gasteiger partial charge in [0.05, 0.1) is 25.9 Å². The average molecular weight is 389 g/mol. The van der Waals surface area contributed by atoms with Gasteiger partial charge in [0.25, 0.3) is 5.91 Å². The largest absolute Gasteiger partial charge is 0.493 e. The van der Waals surface area contributed by atoms with Crippen molar-refractivity contribution in [2.75, 3.05) is 19.5 Å². The first-order chi connectivity index (χ1) is 14.1. The number of benzene rings is 2. The average Bonchev–Trinajstić information content (AvgIpc) is 2.78. The Morgan fingerprint density at radius 1 is 1.07 bits per heavy atom. The number of aromatic nitrogens is 2. The molecule has 0 unspecified atom stereocenters. The Balaban J connectivity index is 1.65. The second-order valence-electron chi connectivity index (χ2n) is 5.95. The second-order valence-corrected chi connectivity index (χ2v) is 5.95. The van der Waals surface area contributed by atoms with Crippen molar-refractivity contribution in [3.63, 3.8) is 0 Å². The molecule has 1 heterocycles. The quantitative estimate of drug-likeness (QED) is 0.639. The van der Waals surface area contributed by atoms with E-state index in [1.807, 2.05) is 6.07 Å². The van der Waals surface area contributed by atoms with Crippen LogP contribution < -0.4 is 20.1 Å². The first-order valence-electron chi connectivity index (χ1n) is 8.72. The third kappa shape index (κ3) is 4.99. The van der Waals surface area contributed by atoms with E-state index in [1.165, 1.54) is 12.3 Å². The molecule has 0 spiro atoms. The summed E-state index contributed by atoms with van der Waals surface area (Å²) >= 11 is 0. The molecule has 0 fully saturated rings. The first-order valence-corrected chi connectivity index (χ1v) is 8.72. The van der Waals surface area contributed by atoms with Crippen molar-refractivity contribution in [1.29, 1.82) is 5.26 Å². The number of methoxy groups -OCH3 is 2. The summed E-state index contributed by atoms with van der Waals surface area (Å²) < 4.78 is 10.5. The lowest BCUT2D eigenvalue weighted by Gasteiger charge is -2.10. The van der Waals surface area contributed by atoms with E-state index in [0.717, 1.165) is 5.56 Å². The summed E-state index contributed by atoms with van der Waals surface area (Å²) in [5, 5.41) is 14.7. The smallest absolute Gasteiger partial charge is 0.270 e. The molecule has 3 aromatic rings. The zero-order valence-corrected chi connectivity index (χ0v) is 16.0. The van der Waals surface area contributed by atoms with Gasteiger partial charge in [-0.25, -0.2) is 9.97 Å². The number of rotatable bonds is 7. The lowest BCUT2D eigenvalue weighted by Crippen LogP contribution is -2.24. The monoisotopic (exact) mass is 389 g/mol. The highest BCUT2D eigenvalue weighted by Gasteiger charge is 2.10. The molecule has 146 valence electrons. The van der Waals surface area contributed by atoms with Crippen LogP contribution in [0.3, 0.4) is 0 Å². The van der Waals surface area contributed by atoms with E-state index in [4.69, 9.17) is 14.7 Å². The zero-order chi connectivity index (χ0) is 20.6. The van der Waals surface area contributed by atoms with E-state index in [-0.39, 0.29) is 17.5 Å². The van der Waals surface area contributed by atoms with Crippen molar-refractivity contribution < 1.29 is 14.3 Å². The molecule has 0 bridgehead atoms. The van der Waals surface area contributed by atoms with Gasteiger partial charge in [-0.3, -0.25) is 4.79 Å². The number of anilines is 2. The molecular weight excluding hydrogens is 370 g/mol. The topological polar surface area (TPSA) is 109 Å². The van der Waals surface area contributed by atoms with E-state index >= 15 is 0 Å². The molecule has 8 heteroatoms.